The molecule has 0 amide bonds. The molecule has 0 aliphatic carbocycles. The number of pyridine rings is 1. The fourth-order valence-corrected chi connectivity index (χ4v) is 4.10. The summed E-state index contributed by atoms with van der Waals surface area (Å²) >= 11 is 6.26. The molecule has 1 saturated heterocycles. The van der Waals surface area contributed by atoms with Crippen LogP contribution in [-0.2, 0) is 7.05 Å². The van der Waals surface area contributed by atoms with E-state index in [1.54, 1.807) is 37.5 Å². The number of aryl methyl sites for hydroxylation is 1. The summed E-state index contributed by atoms with van der Waals surface area (Å²) in [6.45, 7) is -0.184. The normalized spacial score (nSPS) is 16.0. The van der Waals surface area contributed by atoms with Gasteiger partial charge in [-0.3, -0.25) is 14.3 Å². The minimum Gasteiger partial charge on any atom is -0.351 e. The Bertz CT molecular complexity index is 1160. The van der Waals surface area contributed by atoms with Crippen LogP contribution in [0.3, 0.4) is 0 Å². The molecule has 0 atom stereocenters. The van der Waals surface area contributed by atoms with Crippen molar-refractivity contribution in [3.8, 4) is 11.1 Å². The molecular formula is C21H21ClF3N5O. The number of likely N-dealkylation sites (tertiary alicyclic amines) is 1. The van der Waals surface area contributed by atoms with E-state index < -0.39 is 12.7 Å². The van der Waals surface area contributed by atoms with E-state index in [0.717, 1.165) is 0 Å². The van der Waals surface area contributed by atoms with Gasteiger partial charge in [0.1, 0.15) is 5.65 Å². The predicted molar refractivity (Wildman–Crippen MR) is 114 cm³/mol. The number of fused-ring (bicyclic) bond motifs is 1. The largest absolute Gasteiger partial charge is 0.401 e. The van der Waals surface area contributed by atoms with E-state index in [4.69, 9.17) is 11.6 Å². The summed E-state index contributed by atoms with van der Waals surface area (Å²) in [6, 6.07) is 8.82. The van der Waals surface area contributed by atoms with E-state index in [1.807, 2.05) is 6.07 Å². The Kier molecular flexibility index (Phi) is 5.90. The van der Waals surface area contributed by atoms with Crippen LogP contribution in [0.1, 0.15) is 12.8 Å². The Morgan fingerprint density at radius 2 is 1.90 bits per heavy atom. The maximum atomic E-state index is 12.9. The molecule has 0 spiro atoms. The van der Waals surface area contributed by atoms with Gasteiger partial charge < -0.3 is 5.32 Å². The third-order valence-electron chi connectivity index (χ3n) is 5.44. The maximum absolute atomic E-state index is 12.9. The fraction of sp³-hybridized carbons (Fsp3) is 0.381. The second-order valence-corrected chi connectivity index (χ2v) is 8.09. The van der Waals surface area contributed by atoms with Gasteiger partial charge in [-0.25, -0.2) is 4.98 Å². The molecule has 3 heterocycles. The number of nitrogens with one attached hydrogen (secondary N) is 1. The van der Waals surface area contributed by atoms with E-state index in [9.17, 15) is 18.0 Å². The van der Waals surface area contributed by atoms with Gasteiger partial charge >= 0.3 is 6.18 Å². The first-order chi connectivity index (χ1) is 14.7. The van der Waals surface area contributed by atoms with Gasteiger partial charge in [0.15, 0.2) is 0 Å². The molecule has 164 valence electrons. The zero-order valence-electron chi connectivity index (χ0n) is 16.8. The topological polar surface area (TPSA) is 63.1 Å². The number of aromatic nitrogens is 3. The lowest BCUT2D eigenvalue weighted by atomic mass is 10.1. The number of nitrogens with zero attached hydrogens (tertiary/aromatic N) is 4. The van der Waals surface area contributed by atoms with E-state index in [1.165, 1.54) is 9.47 Å². The minimum absolute atomic E-state index is 0.0265. The quantitative estimate of drug-likeness (QED) is 0.647. The Morgan fingerprint density at radius 3 is 2.58 bits per heavy atom. The molecular weight excluding hydrogens is 431 g/mol. The molecule has 6 nitrogen and oxygen atoms in total. The van der Waals surface area contributed by atoms with Crippen molar-refractivity contribution in [2.75, 3.05) is 25.0 Å². The van der Waals surface area contributed by atoms with Gasteiger partial charge in [0, 0.05) is 53.9 Å². The second-order valence-electron chi connectivity index (χ2n) is 7.68. The third-order valence-corrected chi connectivity index (χ3v) is 5.77. The summed E-state index contributed by atoms with van der Waals surface area (Å²) in [7, 11) is 1.64. The van der Waals surface area contributed by atoms with Crippen molar-refractivity contribution in [1.29, 1.82) is 0 Å². The average Bonchev–Trinajstić information content (AvgIpc) is 2.72. The van der Waals surface area contributed by atoms with Crippen LogP contribution in [0.2, 0.25) is 5.02 Å². The molecule has 1 fully saturated rings. The standard InChI is InChI=1S/C21H21ClF3N5O/c1-29-18-13(10-16(19(29)31)15-4-2-3-5-17(15)22)11-26-20(28-18)27-14-6-8-30(9-7-14)12-21(23,24)25/h2-5,10-11,14H,6-9,12H2,1H3,(H,26,27,28). The molecule has 1 aliphatic rings. The van der Waals surface area contributed by atoms with Crippen LogP contribution in [0.25, 0.3) is 22.2 Å². The highest BCUT2D eigenvalue weighted by atomic mass is 35.5. The van der Waals surface area contributed by atoms with Gasteiger partial charge in [0.2, 0.25) is 5.95 Å². The van der Waals surface area contributed by atoms with Crippen LogP contribution in [0.15, 0.2) is 41.3 Å². The van der Waals surface area contributed by atoms with Gasteiger partial charge in [-0.2, -0.15) is 18.2 Å². The first-order valence-electron chi connectivity index (χ1n) is 9.88. The molecule has 3 aromatic rings. The van der Waals surface area contributed by atoms with Crippen LogP contribution >= 0.6 is 11.6 Å². The van der Waals surface area contributed by atoms with E-state index in [0.29, 0.717) is 59.1 Å². The molecule has 1 N–H and O–H groups in total. The van der Waals surface area contributed by atoms with Crippen molar-refractivity contribution in [3.63, 3.8) is 0 Å². The fourth-order valence-electron chi connectivity index (χ4n) is 3.86. The summed E-state index contributed by atoms with van der Waals surface area (Å²) < 4.78 is 39.1. The van der Waals surface area contributed by atoms with Crippen LogP contribution in [0.5, 0.6) is 0 Å². The number of alkyl halides is 3. The van der Waals surface area contributed by atoms with Crippen molar-refractivity contribution in [1.82, 2.24) is 19.4 Å². The summed E-state index contributed by atoms with van der Waals surface area (Å²) in [4.78, 5) is 23.1. The van der Waals surface area contributed by atoms with Crippen LogP contribution < -0.4 is 10.9 Å². The number of rotatable bonds is 4. The molecule has 0 saturated carbocycles. The van der Waals surface area contributed by atoms with E-state index >= 15 is 0 Å². The average molecular weight is 452 g/mol. The van der Waals surface area contributed by atoms with Gasteiger partial charge in [-0.1, -0.05) is 29.8 Å². The molecule has 1 aliphatic heterocycles. The number of halogens is 4. The maximum Gasteiger partial charge on any atom is 0.401 e. The first kappa shape index (κ1) is 21.6. The molecule has 31 heavy (non-hydrogen) atoms. The first-order valence-corrected chi connectivity index (χ1v) is 10.3. The zero-order valence-corrected chi connectivity index (χ0v) is 17.5. The summed E-state index contributed by atoms with van der Waals surface area (Å²) in [5, 5.41) is 4.36. The number of hydrogen-bond donors (Lipinski definition) is 1. The van der Waals surface area contributed by atoms with Gasteiger partial charge in [0.25, 0.3) is 5.56 Å². The van der Waals surface area contributed by atoms with Crippen LogP contribution in [-0.4, -0.2) is 51.3 Å². The van der Waals surface area contributed by atoms with Crippen LogP contribution in [0, 0.1) is 0 Å². The van der Waals surface area contributed by atoms with Crippen LogP contribution in [0.4, 0.5) is 19.1 Å². The molecule has 2 aromatic heterocycles. The monoisotopic (exact) mass is 451 g/mol. The Labute approximate surface area is 181 Å². The van der Waals surface area contributed by atoms with Crippen molar-refractivity contribution < 1.29 is 13.2 Å². The van der Waals surface area contributed by atoms with E-state index in [-0.39, 0.29) is 11.6 Å². The zero-order chi connectivity index (χ0) is 22.2. The summed E-state index contributed by atoms with van der Waals surface area (Å²) in [5.74, 6) is 0.349. The molecule has 0 unspecified atom stereocenters. The number of anilines is 1. The molecule has 0 bridgehead atoms. The van der Waals surface area contributed by atoms with E-state index in [2.05, 4.69) is 15.3 Å². The number of benzene rings is 1. The smallest absolute Gasteiger partial charge is 0.351 e. The van der Waals surface area contributed by atoms with Gasteiger partial charge in [-0.15, -0.1) is 0 Å². The highest BCUT2D eigenvalue weighted by Crippen LogP contribution is 2.27. The molecule has 4 rings (SSSR count). The lowest BCUT2D eigenvalue weighted by molar-refractivity contribution is -0.147. The van der Waals surface area contributed by atoms with Crippen molar-refractivity contribution in [2.24, 2.45) is 7.05 Å². The van der Waals surface area contributed by atoms with Crippen molar-refractivity contribution >= 4 is 28.6 Å². The van der Waals surface area contributed by atoms with Crippen molar-refractivity contribution in [3.05, 3.63) is 51.9 Å². The predicted octanol–water partition coefficient (Wildman–Crippen LogP) is 4.09. The van der Waals surface area contributed by atoms with Gasteiger partial charge in [-0.05, 0) is 25.0 Å². The third kappa shape index (κ3) is 4.83. The molecule has 10 heteroatoms. The molecule has 0 radical (unpaired) electrons. The highest BCUT2D eigenvalue weighted by molar-refractivity contribution is 6.33. The Hall–Kier alpha value is -2.65. The lowest BCUT2D eigenvalue weighted by Gasteiger charge is -2.32. The Balaban J connectivity index is 1.54. The minimum atomic E-state index is -4.19. The Morgan fingerprint density at radius 1 is 1.19 bits per heavy atom. The van der Waals surface area contributed by atoms with Crippen molar-refractivity contribution in [2.45, 2.75) is 25.1 Å². The summed E-state index contributed by atoms with van der Waals surface area (Å²) in [5.41, 5.74) is 1.33. The van der Waals surface area contributed by atoms with Gasteiger partial charge in [0.05, 0.1) is 6.54 Å². The summed E-state index contributed by atoms with van der Waals surface area (Å²) in [6.07, 6.45) is -1.44. The number of piperidine rings is 1. The second kappa shape index (κ2) is 8.47. The lowest BCUT2D eigenvalue weighted by Crippen LogP contribution is -2.43. The molecule has 1 aromatic carbocycles. The SMILES string of the molecule is Cn1c(=O)c(-c2ccccc2Cl)cc2cnc(NC3CCN(CC(F)(F)F)CC3)nc21. The highest BCUT2D eigenvalue weighted by Gasteiger charge is 2.32. The number of hydrogen-bond acceptors (Lipinski definition) is 5.